The normalized spacial score (nSPS) is 15.0. The third-order valence-corrected chi connectivity index (χ3v) is 11.2. The minimum atomic E-state index is -2.99. The molecule has 0 amide bonds. The van der Waals surface area contributed by atoms with Crippen LogP contribution in [0.2, 0.25) is 0 Å². The van der Waals surface area contributed by atoms with Crippen LogP contribution in [0.25, 0.3) is 28.2 Å². The van der Waals surface area contributed by atoms with Crippen molar-refractivity contribution in [2.75, 3.05) is 0 Å². The van der Waals surface area contributed by atoms with Gasteiger partial charge in [-0.25, -0.2) is 0 Å². The molecule has 5 aromatic carbocycles. The van der Waals surface area contributed by atoms with Gasteiger partial charge in [0.1, 0.15) is 0 Å². The fourth-order valence-corrected chi connectivity index (χ4v) is 8.85. The maximum atomic E-state index is 14.8. The summed E-state index contributed by atoms with van der Waals surface area (Å²) < 4.78 is 17.2. The number of para-hydroxylation sites is 2. The van der Waals surface area contributed by atoms with Gasteiger partial charge in [-0.3, -0.25) is 0 Å². The van der Waals surface area contributed by atoms with Gasteiger partial charge in [0.25, 0.3) is 0 Å². The molecule has 7 rings (SSSR count). The average molecular weight is 536 g/mol. The zero-order chi connectivity index (χ0) is 27.1. The van der Waals surface area contributed by atoms with E-state index < -0.39 is 7.14 Å². The molecule has 194 valence electrons. The number of nitrogens with zero attached hydrogens (tertiary/aromatic N) is 1. The van der Waals surface area contributed by atoms with Gasteiger partial charge in [-0.1, -0.05) is 128 Å². The summed E-state index contributed by atoms with van der Waals surface area (Å²) in [4.78, 5) is 0. The van der Waals surface area contributed by atoms with Gasteiger partial charge in [-0.15, -0.1) is 0 Å². The predicted octanol–water partition coefficient (Wildman–Crippen LogP) is 8.00. The van der Waals surface area contributed by atoms with Crippen molar-refractivity contribution in [3.63, 3.8) is 0 Å². The second-order valence-corrected chi connectivity index (χ2v) is 13.3. The van der Waals surface area contributed by atoms with Crippen LogP contribution in [0.3, 0.4) is 0 Å². The molecule has 0 spiro atoms. The van der Waals surface area contributed by atoms with Crippen molar-refractivity contribution in [2.24, 2.45) is 5.92 Å². The monoisotopic (exact) mass is 535 g/mol. The molecule has 1 heterocycles. The van der Waals surface area contributed by atoms with Gasteiger partial charge in [0, 0.05) is 38.2 Å². The van der Waals surface area contributed by atoms with Gasteiger partial charge in [0.05, 0.1) is 5.52 Å². The smallest absolute Gasteiger partial charge is 0.171 e. The van der Waals surface area contributed by atoms with Crippen LogP contribution >= 0.6 is 7.14 Å². The Morgan fingerprint density at radius 3 is 1.77 bits per heavy atom. The van der Waals surface area contributed by atoms with E-state index in [0.717, 1.165) is 22.3 Å². The van der Waals surface area contributed by atoms with Crippen molar-refractivity contribution in [3.8, 4) is 5.69 Å². The van der Waals surface area contributed by atoms with Gasteiger partial charge >= 0.3 is 0 Å². The maximum absolute atomic E-state index is 14.8. The van der Waals surface area contributed by atoms with E-state index in [2.05, 4.69) is 96.4 Å². The summed E-state index contributed by atoms with van der Waals surface area (Å²) in [5, 5.41) is 3.86. The molecule has 3 heteroatoms. The van der Waals surface area contributed by atoms with E-state index in [9.17, 15) is 4.57 Å². The second-order valence-electron chi connectivity index (χ2n) is 10.6. The summed E-state index contributed by atoms with van der Waals surface area (Å²) in [7, 11) is -2.99. The van der Waals surface area contributed by atoms with Crippen LogP contribution in [-0.2, 0) is 11.0 Å². The highest BCUT2D eigenvalue weighted by atomic mass is 31.2. The Balaban J connectivity index is 1.34. The molecular formula is C37H30NOP. The molecule has 0 saturated heterocycles. The Hall–Kier alpha value is -4.39. The number of benzene rings is 5. The number of rotatable bonds is 5. The molecule has 1 aliphatic rings. The number of fused-ring (bicyclic) bond motifs is 3. The second kappa shape index (κ2) is 9.97. The first-order valence-corrected chi connectivity index (χ1v) is 15.6. The van der Waals surface area contributed by atoms with Crippen LogP contribution < -0.4 is 15.9 Å². The van der Waals surface area contributed by atoms with Crippen molar-refractivity contribution in [1.29, 1.82) is 0 Å². The van der Waals surface area contributed by atoms with Crippen molar-refractivity contribution >= 4 is 45.6 Å². The molecule has 0 bridgehead atoms. The van der Waals surface area contributed by atoms with Gasteiger partial charge in [-0.05, 0) is 47.8 Å². The first-order valence-electron chi connectivity index (χ1n) is 13.9. The molecule has 0 aliphatic heterocycles. The van der Waals surface area contributed by atoms with E-state index >= 15 is 0 Å². The molecule has 1 atom stereocenters. The van der Waals surface area contributed by atoms with Gasteiger partial charge < -0.3 is 9.13 Å². The summed E-state index contributed by atoms with van der Waals surface area (Å²) >= 11 is 0. The molecule has 2 nitrogen and oxygen atoms in total. The fraction of sp³-hybridized carbons (Fsp3) is 0.0811. The molecule has 0 radical (unpaired) electrons. The lowest BCUT2D eigenvalue weighted by Crippen LogP contribution is -2.25. The Morgan fingerprint density at radius 2 is 1.15 bits per heavy atom. The lowest BCUT2D eigenvalue weighted by Gasteiger charge is -2.25. The third-order valence-electron chi connectivity index (χ3n) is 8.16. The lowest BCUT2D eigenvalue weighted by molar-refractivity contribution is 0.592. The third kappa shape index (κ3) is 3.99. The van der Waals surface area contributed by atoms with E-state index in [0.29, 0.717) is 5.92 Å². The van der Waals surface area contributed by atoms with Crippen LogP contribution in [0.5, 0.6) is 0 Å². The zero-order valence-electron chi connectivity index (χ0n) is 22.4. The molecule has 1 unspecified atom stereocenters. The Morgan fingerprint density at radius 1 is 0.625 bits per heavy atom. The molecule has 1 aromatic heterocycles. The number of hydrogen-bond donors (Lipinski definition) is 0. The fourth-order valence-electron chi connectivity index (χ4n) is 6.20. The van der Waals surface area contributed by atoms with E-state index in [1.54, 1.807) is 0 Å². The predicted molar refractivity (Wildman–Crippen MR) is 170 cm³/mol. The quantitative estimate of drug-likeness (QED) is 0.205. The lowest BCUT2D eigenvalue weighted by atomic mass is 9.83. The number of allylic oxidation sites excluding steroid dienone is 1. The summed E-state index contributed by atoms with van der Waals surface area (Å²) in [6.07, 6.45) is 3.34. The summed E-state index contributed by atoms with van der Waals surface area (Å²) in [6.45, 7) is 2.31. The van der Waals surface area contributed by atoms with Crippen LogP contribution in [0.1, 0.15) is 23.7 Å². The minimum absolute atomic E-state index is 0.347. The maximum Gasteiger partial charge on any atom is 0.171 e. The van der Waals surface area contributed by atoms with E-state index in [1.807, 2.05) is 60.7 Å². The molecule has 40 heavy (non-hydrogen) atoms. The van der Waals surface area contributed by atoms with Gasteiger partial charge in [0.2, 0.25) is 0 Å². The SMILES string of the molecule is CC1Cc2c(c3ccccc3n2-c2ccccc2)C=C1c1ccc(P(=O)(c2ccccc2)c2ccccc2)cc1. The van der Waals surface area contributed by atoms with E-state index in [-0.39, 0.29) is 0 Å². The standard InChI is InChI=1S/C37H30NOP/c1-27-25-37-35(33-19-11-12-20-36(33)38(37)29-13-5-2-6-14-29)26-34(27)28-21-23-32(24-22-28)40(39,30-15-7-3-8-16-30)31-17-9-4-10-18-31/h2-24,26-27H,25H2,1H3. The zero-order valence-corrected chi connectivity index (χ0v) is 23.3. The van der Waals surface area contributed by atoms with Gasteiger partial charge in [-0.2, -0.15) is 0 Å². The summed E-state index contributed by atoms with van der Waals surface area (Å²) in [6, 6.07) is 47.6. The van der Waals surface area contributed by atoms with Crippen molar-refractivity contribution in [1.82, 2.24) is 4.57 Å². The Bertz CT molecular complexity index is 1840. The van der Waals surface area contributed by atoms with Crippen LogP contribution in [0, 0.1) is 5.92 Å². The largest absolute Gasteiger partial charge is 0.313 e. The van der Waals surface area contributed by atoms with Crippen LogP contribution in [-0.4, -0.2) is 4.57 Å². The van der Waals surface area contributed by atoms with Crippen molar-refractivity contribution in [3.05, 3.63) is 156 Å². The molecule has 0 N–H and O–H groups in total. The summed E-state index contributed by atoms with van der Waals surface area (Å²) in [5.74, 6) is 0.347. The minimum Gasteiger partial charge on any atom is -0.313 e. The van der Waals surface area contributed by atoms with Crippen molar-refractivity contribution < 1.29 is 4.57 Å². The van der Waals surface area contributed by atoms with E-state index in [4.69, 9.17) is 0 Å². The highest BCUT2D eigenvalue weighted by Crippen LogP contribution is 2.44. The summed E-state index contributed by atoms with van der Waals surface area (Å²) in [5.41, 5.74) is 7.61. The first kappa shape index (κ1) is 24.6. The van der Waals surface area contributed by atoms with Gasteiger partial charge in [0.15, 0.2) is 7.14 Å². The first-order chi connectivity index (χ1) is 19.6. The molecule has 0 saturated carbocycles. The van der Waals surface area contributed by atoms with Crippen molar-refractivity contribution in [2.45, 2.75) is 13.3 Å². The molecule has 0 fully saturated rings. The Labute approximate surface area is 235 Å². The highest BCUT2D eigenvalue weighted by molar-refractivity contribution is 7.85. The highest BCUT2D eigenvalue weighted by Gasteiger charge is 2.30. The average Bonchev–Trinajstić information content (AvgIpc) is 3.34. The number of hydrogen-bond acceptors (Lipinski definition) is 1. The van der Waals surface area contributed by atoms with Crippen LogP contribution in [0.4, 0.5) is 0 Å². The topological polar surface area (TPSA) is 22.0 Å². The van der Waals surface area contributed by atoms with E-state index in [1.165, 1.54) is 39.0 Å². The molecular weight excluding hydrogens is 505 g/mol. The molecule has 1 aliphatic carbocycles. The Kier molecular flexibility index (Phi) is 6.14. The van der Waals surface area contributed by atoms with Crippen LogP contribution in [0.15, 0.2) is 140 Å². The molecule has 6 aromatic rings. The number of aromatic nitrogens is 1.